The number of aromatic nitrogens is 2. The maximum Gasteiger partial charge on any atom is 0.118 e. The van der Waals surface area contributed by atoms with Crippen LogP contribution in [0.5, 0.6) is 0 Å². The van der Waals surface area contributed by atoms with E-state index in [-0.39, 0.29) is 0 Å². The molecule has 0 aliphatic rings. The van der Waals surface area contributed by atoms with E-state index < -0.39 is 0 Å². The van der Waals surface area contributed by atoms with Crippen LogP contribution < -0.4 is 0 Å². The molecule has 0 radical (unpaired) electrons. The third kappa shape index (κ3) is 2.41. The van der Waals surface area contributed by atoms with E-state index in [1.54, 1.807) is 16.8 Å². The van der Waals surface area contributed by atoms with Gasteiger partial charge in [0.15, 0.2) is 0 Å². The maximum atomic E-state index is 3.93. The van der Waals surface area contributed by atoms with Gasteiger partial charge in [-0.25, -0.2) is 0 Å². The van der Waals surface area contributed by atoms with Crippen molar-refractivity contribution in [1.29, 1.82) is 0 Å². The standard InChI is InChI=1S/C6H11N3S/c1-9(2)4-3-6-8-7-5-10-6/h5H,3-4H2,1-2H3. The topological polar surface area (TPSA) is 29.0 Å². The fraction of sp³-hybridized carbons (Fsp3) is 0.667. The van der Waals surface area contributed by atoms with Gasteiger partial charge in [-0.15, -0.1) is 21.5 Å². The molecule has 0 aliphatic carbocycles. The van der Waals surface area contributed by atoms with Gasteiger partial charge < -0.3 is 4.90 Å². The Morgan fingerprint density at radius 3 is 2.90 bits per heavy atom. The molecule has 0 saturated heterocycles. The molecular weight excluding hydrogens is 146 g/mol. The molecule has 1 heterocycles. The third-order valence-electron chi connectivity index (χ3n) is 1.18. The minimum atomic E-state index is 1.01. The van der Waals surface area contributed by atoms with Crippen LogP contribution in [-0.2, 0) is 6.42 Å². The molecule has 4 heteroatoms. The van der Waals surface area contributed by atoms with E-state index >= 15 is 0 Å². The molecule has 0 bridgehead atoms. The van der Waals surface area contributed by atoms with E-state index in [0.29, 0.717) is 0 Å². The van der Waals surface area contributed by atoms with Crippen molar-refractivity contribution in [3.8, 4) is 0 Å². The summed E-state index contributed by atoms with van der Waals surface area (Å²) in [5, 5.41) is 8.80. The van der Waals surface area contributed by atoms with Crippen LogP contribution in [0.2, 0.25) is 0 Å². The number of hydrogen-bond donors (Lipinski definition) is 0. The summed E-state index contributed by atoms with van der Waals surface area (Å²) in [5.41, 5.74) is 1.77. The van der Waals surface area contributed by atoms with E-state index in [1.165, 1.54) is 0 Å². The lowest BCUT2D eigenvalue weighted by molar-refractivity contribution is 0.413. The monoisotopic (exact) mass is 157 g/mol. The van der Waals surface area contributed by atoms with Gasteiger partial charge in [0.05, 0.1) is 0 Å². The first kappa shape index (κ1) is 7.63. The van der Waals surface area contributed by atoms with Crippen LogP contribution >= 0.6 is 11.3 Å². The SMILES string of the molecule is CN(C)CCc1nncs1. The highest BCUT2D eigenvalue weighted by Gasteiger charge is 1.96. The average molecular weight is 157 g/mol. The van der Waals surface area contributed by atoms with Gasteiger partial charge in [0.1, 0.15) is 10.5 Å². The quantitative estimate of drug-likeness (QED) is 0.645. The molecule has 56 valence electrons. The van der Waals surface area contributed by atoms with Gasteiger partial charge in [-0.05, 0) is 14.1 Å². The smallest absolute Gasteiger partial charge is 0.118 e. The highest BCUT2D eigenvalue weighted by atomic mass is 32.1. The summed E-state index contributed by atoms with van der Waals surface area (Å²) in [6, 6.07) is 0. The minimum absolute atomic E-state index is 1.01. The predicted molar refractivity (Wildman–Crippen MR) is 42.2 cm³/mol. The molecular formula is C6H11N3S. The average Bonchev–Trinajstić information content (AvgIpc) is 2.34. The highest BCUT2D eigenvalue weighted by molar-refractivity contribution is 7.09. The van der Waals surface area contributed by atoms with Gasteiger partial charge in [0.25, 0.3) is 0 Å². The summed E-state index contributed by atoms with van der Waals surface area (Å²) in [6.45, 7) is 1.05. The molecule has 0 unspecified atom stereocenters. The normalized spacial score (nSPS) is 10.7. The van der Waals surface area contributed by atoms with Gasteiger partial charge in [-0.2, -0.15) is 0 Å². The molecule has 0 spiro atoms. The Balaban J connectivity index is 2.28. The Bertz CT molecular complexity index is 171. The van der Waals surface area contributed by atoms with Crippen LogP contribution in [0, 0.1) is 0 Å². The molecule has 1 rings (SSSR count). The van der Waals surface area contributed by atoms with Crippen LogP contribution in [-0.4, -0.2) is 35.7 Å². The molecule has 0 saturated carbocycles. The zero-order valence-corrected chi connectivity index (χ0v) is 7.06. The Hall–Kier alpha value is -0.480. The second kappa shape index (κ2) is 3.63. The van der Waals surface area contributed by atoms with E-state index in [9.17, 15) is 0 Å². The molecule has 10 heavy (non-hydrogen) atoms. The summed E-state index contributed by atoms with van der Waals surface area (Å²) in [4.78, 5) is 2.14. The van der Waals surface area contributed by atoms with Crippen molar-refractivity contribution in [1.82, 2.24) is 15.1 Å². The van der Waals surface area contributed by atoms with Gasteiger partial charge in [-0.3, -0.25) is 0 Å². The maximum absolute atomic E-state index is 3.93. The largest absolute Gasteiger partial charge is 0.309 e. The summed E-state index contributed by atoms with van der Waals surface area (Å²) in [6.07, 6.45) is 1.01. The van der Waals surface area contributed by atoms with Crippen molar-refractivity contribution in [2.75, 3.05) is 20.6 Å². The summed E-state index contributed by atoms with van der Waals surface area (Å²) in [7, 11) is 4.11. The zero-order chi connectivity index (χ0) is 7.40. The van der Waals surface area contributed by atoms with Crippen molar-refractivity contribution in [3.05, 3.63) is 10.5 Å². The molecule has 0 N–H and O–H groups in total. The van der Waals surface area contributed by atoms with E-state index in [4.69, 9.17) is 0 Å². The number of nitrogens with zero attached hydrogens (tertiary/aromatic N) is 3. The van der Waals surface area contributed by atoms with Crippen molar-refractivity contribution in [2.24, 2.45) is 0 Å². The summed E-state index contributed by atoms with van der Waals surface area (Å²) >= 11 is 1.62. The van der Waals surface area contributed by atoms with Gasteiger partial charge >= 0.3 is 0 Å². The van der Waals surface area contributed by atoms with Crippen LogP contribution in [0.25, 0.3) is 0 Å². The molecule has 3 nitrogen and oxygen atoms in total. The van der Waals surface area contributed by atoms with E-state index in [1.807, 2.05) is 0 Å². The summed E-state index contributed by atoms with van der Waals surface area (Å²) < 4.78 is 0. The first-order valence-electron chi connectivity index (χ1n) is 3.19. The van der Waals surface area contributed by atoms with Crippen molar-refractivity contribution in [2.45, 2.75) is 6.42 Å². The molecule has 1 aromatic heterocycles. The number of likely N-dealkylation sites (N-methyl/N-ethyl adjacent to an activating group) is 1. The zero-order valence-electron chi connectivity index (χ0n) is 6.24. The second-order valence-corrected chi connectivity index (χ2v) is 3.30. The van der Waals surface area contributed by atoms with Gasteiger partial charge in [0, 0.05) is 13.0 Å². The fourth-order valence-electron chi connectivity index (χ4n) is 0.624. The van der Waals surface area contributed by atoms with Crippen LogP contribution in [0.3, 0.4) is 0 Å². The van der Waals surface area contributed by atoms with Crippen LogP contribution in [0.4, 0.5) is 0 Å². The molecule has 0 fully saturated rings. The molecule has 1 aromatic rings. The Morgan fingerprint density at radius 2 is 2.40 bits per heavy atom. The molecule has 0 aliphatic heterocycles. The third-order valence-corrected chi connectivity index (χ3v) is 1.94. The van der Waals surface area contributed by atoms with E-state index in [0.717, 1.165) is 18.0 Å². The first-order chi connectivity index (χ1) is 4.79. The van der Waals surface area contributed by atoms with Crippen molar-refractivity contribution < 1.29 is 0 Å². The molecule has 0 atom stereocenters. The Labute approximate surface area is 64.7 Å². The lowest BCUT2D eigenvalue weighted by Gasteiger charge is -2.05. The predicted octanol–water partition coefficient (Wildman–Crippen LogP) is 0.642. The van der Waals surface area contributed by atoms with Crippen LogP contribution in [0.1, 0.15) is 5.01 Å². The lowest BCUT2D eigenvalue weighted by Crippen LogP contribution is -2.14. The number of hydrogen-bond acceptors (Lipinski definition) is 4. The second-order valence-electron chi connectivity index (χ2n) is 2.39. The number of rotatable bonds is 3. The van der Waals surface area contributed by atoms with Crippen molar-refractivity contribution in [3.63, 3.8) is 0 Å². The Morgan fingerprint density at radius 1 is 1.60 bits per heavy atom. The minimum Gasteiger partial charge on any atom is -0.309 e. The van der Waals surface area contributed by atoms with Gasteiger partial charge in [-0.1, -0.05) is 0 Å². The lowest BCUT2D eigenvalue weighted by atomic mass is 10.4. The van der Waals surface area contributed by atoms with Crippen LogP contribution in [0.15, 0.2) is 5.51 Å². The highest BCUT2D eigenvalue weighted by Crippen LogP contribution is 2.01. The Kier molecular flexibility index (Phi) is 2.77. The van der Waals surface area contributed by atoms with Crippen molar-refractivity contribution >= 4 is 11.3 Å². The van der Waals surface area contributed by atoms with Gasteiger partial charge in [0.2, 0.25) is 0 Å². The molecule has 0 amide bonds. The fourth-order valence-corrected chi connectivity index (χ4v) is 1.14. The summed E-state index contributed by atoms with van der Waals surface area (Å²) in [5.74, 6) is 0. The molecule has 0 aromatic carbocycles. The first-order valence-corrected chi connectivity index (χ1v) is 4.07. The van der Waals surface area contributed by atoms with E-state index in [2.05, 4.69) is 29.2 Å².